The molecule has 0 heterocycles. The van der Waals surface area contributed by atoms with Gasteiger partial charge in [0.15, 0.2) is 0 Å². The molecule has 108 valence electrons. The van der Waals surface area contributed by atoms with Crippen LogP contribution >= 0.6 is 0 Å². The van der Waals surface area contributed by atoms with E-state index in [2.05, 4.69) is 19.2 Å². The third-order valence-corrected chi connectivity index (χ3v) is 3.23. The summed E-state index contributed by atoms with van der Waals surface area (Å²) in [6, 6.07) is 5.89. The van der Waals surface area contributed by atoms with Gasteiger partial charge in [-0.05, 0) is 49.9 Å². The van der Waals surface area contributed by atoms with Crippen LogP contribution in [0.15, 0.2) is 24.3 Å². The first-order valence-electron chi connectivity index (χ1n) is 6.66. The van der Waals surface area contributed by atoms with Crippen LogP contribution in [0, 0.1) is 5.92 Å². The van der Waals surface area contributed by atoms with Crippen molar-refractivity contribution < 1.29 is 13.2 Å². The maximum atomic E-state index is 12.4. The number of benzene rings is 1. The number of aryl methyl sites for hydroxylation is 1. The van der Waals surface area contributed by atoms with Crippen LogP contribution in [0.5, 0.6) is 0 Å². The molecule has 0 saturated carbocycles. The fraction of sp³-hybridized carbons (Fsp3) is 0.600. The highest BCUT2D eigenvalue weighted by atomic mass is 19.4. The van der Waals surface area contributed by atoms with Crippen molar-refractivity contribution >= 4 is 0 Å². The van der Waals surface area contributed by atoms with Crippen molar-refractivity contribution in [2.75, 3.05) is 7.05 Å². The van der Waals surface area contributed by atoms with Gasteiger partial charge >= 0.3 is 6.18 Å². The Bertz CT molecular complexity index is 368. The fourth-order valence-electron chi connectivity index (χ4n) is 2.15. The van der Waals surface area contributed by atoms with E-state index < -0.39 is 11.7 Å². The third kappa shape index (κ3) is 5.64. The summed E-state index contributed by atoms with van der Waals surface area (Å²) in [6.07, 6.45) is -1.42. The zero-order chi connectivity index (χ0) is 14.5. The molecule has 0 aromatic heterocycles. The Morgan fingerprint density at radius 3 is 2.11 bits per heavy atom. The van der Waals surface area contributed by atoms with Crippen LogP contribution in [0.1, 0.15) is 37.8 Å². The lowest BCUT2D eigenvalue weighted by Crippen LogP contribution is -2.27. The normalized spacial score (nSPS) is 13.8. The van der Waals surface area contributed by atoms with Crippen LogP contribution in [0.25, 0.3) is 0 Å². The van der Waals surface area contributed by atoms with Gasteiger partial charge in [0.25, 0.3) is 0 Å². The van der Waals surface area contributed by atoms with Gasteiger partial charge in [-0.25, -0.2) is 0 Å². The van der Waals surface area contributed by atoms with Crippen LogP contribution in [0.3, 0.4) is 0 Å². The van der Waals surface area contributed by atoms with Crippen molar-refractivity contribution in [1.82, 2.24) is 5.32 Å². The van der Waals surface area contributed by atoms with Crippen molar-refractivity contribution in [3.8, 4) is 0 Å². The Kier molecular flexibility index (Phi) is 5.85. The van der Waals surface area contributed by atoms with Gasteiger partial charge in [0.05, 0.1) is 5.56 Å². The van der Waals surface area contributed by atoms with Gasteiger partial charge in [-0.3, -0.25) is 0 Å². The lowest BCUT2D eigenvalue weighted by molar-refractivity contribution is -0.137. The molecular formula is C15H22F3N. The molecule has 1 atom stereocenters. The Morgan fingerprint density at radius 1 is 1.11 bits per heavy atom. The van der Waals surface area contributed by atoms with Crippen LogP contribution in [0.4, 0.5) is 13.2 Å². The zero-order valence-electron chi connectivity index (χ0n) is 11.7. The minimum absolute atomic E-state index is 0.419. The molecule has 1 unspecified atom stereocenters. The molecule has 0 aliphatic heterocycles. The summed E-state index contributed by atoms with van der Waals surface area (Å²) in [7, 11) is 1.93. The molecule has 0 aliphatic rings. The maximum absolute atomic E-state index is 12.4. The molecule has 0 aliphatic carbocycles. The molecule has 0 radical (unpaired) electrons. The van der Waals surface area contributed by atoms with Crippen molar-refractivity contribution in [3.63, 3.8) is 0 Å². The number of hydrogen-bond acceptors (Lipinski definition) is 1. The van der Waals surface area contributed by atoms with E-state index in [1.807, 2.05) is 7.05 Å². The summed E-state index contributed by atoms with van der Waals surface area (Å²) in [5.74, 6) is 0.616. The number of nitrogens with one attached hydrogen (secondary N) is 1. The monoisotopic (exact) mass is 273 g/mol. The minimum Gasteiger partial charge on any atom is -0.317 e. The first-order chi connectivity index (χ1) is 8.82. The molecule has 1 N–H and O–H groups in total. The average molecular weight is 273 g/mol. The van der Waals surface area contributed by atoms with E-state index in [1.54, 1.807) is 12.1 Å². The van der Waals surface area contributed by atoms with Gasteiger partial charge in [0.2, 0.25) is 0 Å². The first kappa shape index (κ1) is 16.0. The molecule has 0 fully saturated rings. The number of halogens is 3. The molecule has 19 heavy (non-hydrogen) atoms. The van der Waals surface area contributed by atoms with Crippen LogP contribution in [-0.4, -0.2) is 13.1 Å². The lowest BCUT2D eigenvalue weighted by atomic mass is 9.97. The predicted molar refractivity (Wildman–Crippen MR) is 72.1 cm³/mol. The van der Waals surface area contributed by atoms with Gasteiger partial charge in [0, 0.05) is 6.04 Å². The second-order valence-corrected chi connectivity index (χ2v) is 5.35. The molecule has 0 saturated heterocycles. The van der Waals surface area contributed by atoms with E-state index in [-0.39, 0.29) is 0 Å². The van der Waals surface area contributed by atoms with E-state index in [0.29, 0.717) is 12.0 Å². The Hall–Kier alpha value is -1.03. The zero-order valence-corrected chi connectivity index (χ0v) is 11.7. The van der Waals surface area contributed by atoms with E-state index in [0.717, 1.165) is 37.0 Å². The lowest BCUT2D eigenvalue weighted by Gasteiger charge is -2.18. The Balaban J connectivity index is 2.54. The molecule has 1 aromatic carbocycles. The summed E-state index contributed by atoms with van der Waals surface area (Å²) in [5.41, 5.74) is 0.376. The smallest absolute Gasteiger partial charge is 0.317 e. The van der Waals surface area contributed by atoms with Crippen molar-refractivity contribution in [2.24, 2.45) is 5.92 Å². The van der Waals surface area contributed by atoms with Gasteiger partial charge in [-0.2, -0.15) is 13.2 Å². The predicted octanol–water partition coefficient (Wildman–Crippen LogP) is 4.27. The molecule has 1 aromatic rings. The summed E-state index contributed by atoms with van der Waals surface area (Å²) >= 11 is 0. The second-order valence-electron chi connectivity index (χ2n) is 5.35. The summed E-state index contributed by atoms with van der Waals surface area (Å²) in [5, 5.41) is 3.26. The highest BCUT2D eigenvalue weighted by Gasteiger charge is 2.29. The van der Waals surface area contributed by atoms with Crippen LogP contribution < -0.4 is 5.32 Å². The third-order valence-electron chi connectivity index (χ3n) is 3.23. The average Bonchev–Trinajstić information content (AvgIpc) is 2.33. The molecule has 1 rings (SSSR count). The highest BCUT2D eigenvalue weighted by molar-refractivity contribution is 5.24. The van der Waals surface area contributed by atoms with Gasteiger partial charge < -0.3 is 5.32 Å². The Morgan fingerprint density at radius 2 is 1.68 bits per heavy atom. The van der Waals surface area contributed by atoms with E-state index in [9.17, 15) is 13.2 Å². The van der Waals surface area contributed by atoms with Crippen LogP contribution in [-0.2, 0) is 12.6 Å². The number of hydrogen-bond donors (Lipinski definition) is 1. The second kappa shape index (κ2) is 6.94. The van der Waals surface area contributed by atoms with Gasteiger partial charge in [-0.15, -0.1) is 0 Å². The summed E-state index contributed by atoms with van der Waals surface area (Å²) < 4.78 is 37.3. The first-order valence-corrected chi connectivity index (χ1v) is 6.66. The molecule has 0 amide bonds. The molecule has 0 bridgehead atoms. The Labute approximate surface area is 113 Å². The standard InChI is InChI=1S/C15H22F3N/c1-11(2)10-14(19-3)9-6-12-4-7-13(8-5-12)15(16,17)18/h4-5,7-8,11,14,19H,6,9-10H2,1-3H3. The van der Waals surface area contributed by atoms with Gasteiger partial charge in [0.1, 0.15) is 0 Å². The quantitative estimate of drug-likeness (QED) is 0.816. The van der Waals surface area contributed by atoms with Crippen molar-refractivity contribution in [3.05, 3.63) is 35.4 Å². The van der Waals surface area contributed by atoms with E-state index in [4.69, 9.17) is 0 Å². The minimum atomic E-state index is -4.25. The molecule has 4 heteroatoms. The summed E-state index contributed by atoms with van der Waals surface area (Å²) in [4.78, 5) is 0. The van der Waals surface area contributed by atoms with Gasteiger partial charge in [-0.1, -0.05) is 26.0 Å². The number of rotatable bonds is 6. The molecule has 1 nitrogen and oxygen atoms in total. The van der Waals surface area contributed by atoms with Crippen molar-refractivity contribution in [2.45, 2.75) is 45.3 Å². The largest absolute Gasteiger partial charge is 0.416 e. The molecule has 0 spiro atoms. The van der Waals surface area contributed by atoms with E-state index in [1.165, 1.54) is 0 Å². The SMILES string of the molecule is CNC(CCc1ccc(C(F)(F)F)cc1)CC(C)C. The fourth-order valence-corrected chi connectivity index (χ4v) is 2.15. The van der Waals surface area contributed by atoms with E-state index >= 15 is 0 Å². The topological polar surface area (TPSA) is 12.0 Å². The van der Waals surface area contributed by atoms with Crippen molar-refractivity contribution in [1.29, 1.82) is 0 Å². The molecular weight excluding hydrogens is 251 g/mol. The van der Waals surface area contributed by atoms with Crippen LogP contribution in [0.2, 0.25) is 0 Å². The maximum Gasteiger partial charge on any atom is 0.416 e. The number of alkyl halides is 3. The highest BCUT2D eigenvalue weighted by Crippen LogP contribution is 2.29. The summed E-state index contributed by atoms with van der Waals surface area (Å²) in [6.45, 7) is 4.34.